The predicted molar refractivity (Wildman–Crippen MR) is 131 cm³/mol. The van der Waals surface area contributed by atoms with Crippen molar-refractivity contribution in [3.8, 4) is 5.88 Å². The number of hydrogen-bond acceptors (Lipinski definition) is 9. The molecule has 3 aromatic rings. The number of hydrogen-bond donors (Lipinski definition) is 2. The number of nitrogens with one attached hydrogen (secondary N) is 2. The van der Waals surface area contributed by atoms with Crippen LogP contribution in [0, 0.1) is 6.92 Å². The lowest BCUT2D eigenvalue weighted by molar-refractivity contribution is 0.109. The molecule has 186 valence electrons. The summed E-state index contributed by atoms with van der Waals surface area (Å²) in [5.74, 6) is 2.18. The topological polar surface area (TPSA) is 129 Å². The molecule has 0 spiro atoms. The molecule has 2 N–H and O–H groups in total. The van der Waals surface area contributed by atoms with Crippen molar-refractivity contribution < 1.29 is 13.2 Å². The highest BCUT2D eigenvalue weighted by molar-refractivity contribution is 7.89. The molecule has 0 aliphatic carbocycles. The summed E-state index contributed by atoms with van der Waals surface area (Å²) in [6, 6.07) is 8.54. The van der Waals surface area contributed by atoms with Gasteiger partial charge in [0.25, 0.3) is 10.0 Å². The number of pyridine rings is 1. The highest BCUT2D eigenvalue weighted by Gasteiger charge is 2.46. The van der Waals surface area contributed by atoms with Gasteiger partial charge >= 0.3 is 0 Å². The molecule has 3 aromatic heterocycles. The van der Waals surface area contributed by atoms with Gasteiger partial charge in [-0.2, -0.15) is 19.4 Å². The zero-order chi connectivity index (χ0) is 24.6. The maximum absolute atomic E-state index is 13.4. The van der Waals surface area contributed by atoms with Crippen molar-refractivity contribution in [1.82, 2.24) is 29.5 Å². The molecule has 35 heavy (non-hydrogen) atoms. The molecule has 0 radical (unpaired) electrons. The number of anilines is 3. The van der Waals surface area contributed by atoms with Crippen molar-refractivity contribution in [3.05, 3.63) is 42.2 Å². The summed E-state index contributed by atoms with van der Waals surface area (Å²) in [5, 5.41) is 10.4. The lowest BCUT2D eigenvalue weighted by Crippen LogP contribution is -2.58. The Labute approximate surface area is 205 Å². The Morgan fingerprint density at radius 2 is 1.91 bits per heavy atom. The summed E-state index contributed by atoms with van der Waals surface area (Å²) in [5.41, 5.74) is 0.935. The third kappa shape index (κ3) is 4.67. The van der Waals surface area contributed by atoms with E-state index >= 15 is 0 Å². The van der Waals surface area contributed by atoms with Crippen LogP contribution in [0.4, 0.5) is 17.6 Å². The van der Waals surface area contributed by atoms with Gasteiger partial charge in [0.05, 0.1) is 7.11 Å². The smallest absolute Gasteiger partial charge is 0.261 e. The summed E-state index contributed by atoms with van der Waals surface area (Å²) in [6.07, 6.45) is 5.60. The number of aromatic amines is 1. The van der Waals surface area contributed by atoms with Crippen LogP contribution >= 0.6 is 0 Å². The van der Waals surface area contributed by atoms with Gasteiger partial charge in [0.2, 0.25) is 11.8 Å². The molecule has 2 bridgehead atoms. The second-order valence-electron chi connectivity index (χ2n) is 9.13. The largest absolute Gasteiger partial charge is 0.481 e. The van der Waals surface area contributed by atoms with Crippen molar-refractivity contribution in [3.63, 3.8) is 0 Å². The monoisotopic (exact) mass is 498 g/mol. The number of H-pyrrole nitrogens is 1. The van der Waals surface area contributed by atoms with Crippen LogP contribution in [0.25, 0.3) is 0 Å². The van der Waals surface area contributed by atoms with Crippen molar-refractivity contribution in [2.24, 2.45) is 0 Å². The van der Waals surface area contributed by atoms with Gasteiger partial charge in [-0.15, -0.1) is 0 Å². The molecular weight excluding hydrogens is 468 g/mol. The lowest BCUT2D eigenvalue weighted by atomic mass is 9.83. The maximum Gasteiger partial charge on any atom is 0.261 e. The first-order chi connectivity index (χ1) is 16.8. The normalized spacial score (nSPS) is 22.5. The molecule has 0 aromatic carbocycles. The predicted octanol–water partition coefficient (Wildman–Crippen LogP) is 2.87. The van der Waals surface area contributed by atoms with E-state index in [0.29, 0.717) is 36.3 Å². The summed E-state index contributed by atoms with van der Waals surface area (Å²) in [7, 11) is -0.124. The maximum atomic E-state index is 13.4. The highest BCUT2D eigenvalue weighted by Crippen LogP contribution is 2.40. The molecule has 2 unspecified atom stereocenters. The fraction of sp³-hybridized carbons (Fsp3) is 0.478. The van der Waals surface area contributed by atoms with Gasteiger partial charge in [-0.25, -0.2) is 13.4 Å². The number of ether oxygens (including phenoxy) is 1. The number of rotatable bonds is 7. The second-order valence-corrected chi connectivity index (χ2v) is 10.9. The minimum Gasteiger partial charge on any atom is -0.481 e. The summed E-state index contributed by atoms with van der Waals surface area (Å²) >= 11 is 0. The number of piperidine rings is 2. The van der Waals surface area contributed by atoms with Crippen LogP contribution in [0.2, 0.25) is 0 Å². The van der Waals surface area contributed by atoms with Crippen molar-refractivity contribution in [1.29, 1.82) is 0 Å². The molecule has 5 rings (SSSR count). The third-order valence-electron chi connectivity index (χ3n) is 6.79. The fourth-order valence-electron chi connectivity index (χ4n) is 5.14. The van der Waals surface area contributed by atoms with E-state index in [1.165, 1.54) is 6.20 Å². The van der Waals surface area contributed by atoms with Gasteiger partial charge in [-0.05, 0) is 44.7 Å². The molecule has 12 heteroatoms. The number of sulfonamides is 1. The van der Waals surface area contributed by atoms with E-state index in [0.717, 1.165) is 25.0 Å². The van der Waals surface area contributed by atoms with Gasteiger partial charge in [0, 0.05) is 49.2 Å². The quantitative estimate of drug-likeness (QED) is 0.505. The first-order valence-electron chi connectivity index (χ1n) is 11.7. The van der Waals surface area contributed by atoms with Gasteiger partial charge in [-0.1, -0.05) is 12.5 Å². The minimum absolute atomic E-state index is 0.0859. The van der Waals surface area contributed by atoms with E-state index in [4.69, 9.17) is 9.72 Å². The molecule has 2 atom stereocenters. The molecule has 0 amide bonds. The van der Waals surface area contributed by atoms with E-state index in [1.54, 1.807) is 35.7 Å². The van der Waals surface area contributed by atoms with Gasteiger partial charge in [-0.3, -0.25) is 5.10 Å². The van der Waals surface area contributed by atoms with Crippen LogP contribution in [0.3, 0.4) is 0 Å². The van der Waals surface area contributed by atoms with E-state index in [-0.39, 0.29) is 23.2 Å². The number of methoxy groups -OCH3 is 1. The van der Waals surface area contributed by atoms with Crippen molar-refractivity contribution in [2.45, 2.75) is 62.2 Å². The molecule has 2 saturated heterocycles. The zero-order valence-electron chi connectivity index (χ0n) is 20.0. The van der Waals surface area contributed by atoms with Crippen LogP contribution in [0.1, 0.15) is 37.8 Å². The molecule has 0 saturated carbocycles. The number of aromatic nitrogens is 5. The van der Waals surface area contributed by atoms with Gasteiger partial charge in [0.15, 0.2) is 10.8 Å². The van der Waals surface area contributed by atoms with Crippen molar-refractivity contribution >= 4 is 27.6 Å². The fourth-order valence-corrected chi connectivity index (χ4v) is 6.97. The molecule has 5 heterocycles. The van der Waals surface area contributed by atoms with Crippen LogP contribution in [0.15, 0.2) is 41.6 Å². The average Bonchev–Trinajstić information content (AvgIpc) is 3.27. The minimum atomic E-state index is -3.65. The molecule has 2 fully saturated rings. The van der Waals surface area contributed by atoms with E-state index in [2.05, 4.69) is 25.5 Å². The van der Waals surface area contributed by atoms with E-state index in [9.17, 15) is 8.42 Å². The second kappa shape index (κ2) is 9.42. The zero-order valence-corrected chi connectivity index (χ0v) is 20.9. The standard InChI is InChI=1S/C23H30N8O3S/c1-15-11-20(29-28-15)25-19-14-21(34-3)27-23(26-19)30(2)18-12-16-7-6-8-17(13-18)31(16)35(32,33)22-9-4-5-10-24-22/h4-5,9-11,14,16-18H,6-8,12-13H2,1-3H3,(H2,25,26,27,28,29). The Morgan fingerprint density at radius 3 is 2.54 bits per heavy atom. The Morgan fingerprint density at radius 1 is 1.14 bits per heavy atom. The van der Waals surface area contributed by atoms with Crippen LogP contribution in [-0.4, -0.2) is 70.2 Å². The first-order valence-corrected chi connectivity index (χ1v) is 13.2. The molecule has 2 aliphatic rings. The average molecular weight is 499 g/mol. The number of fused-ring (bicyclic) bond motifs is 2. The van der Waals surface area contributed by atoms with Gasteiger partial charge < -0.3 is 15.0 Å². The Kier molecular flexibility index (Phi) is 6.32. The van der Waals surface area contributed by atoms with Crippen LogP contribution in [-0.2, 0) is 10.0 Å². The van der Waals surface area contributed by atoms with Gasteiger partial charge in [0.1, 0.15) is 5.82 Å². The third-order valence-corrected chi connectivity index (χ3v) is 8.71. The Hall–Kier alpha value is -3.25. The molecule has 2 aliphatic heterocycles. The Balaban J connectivity index is 1.38. The van der Waals surface area contributed by atoms with E-state index in [1.807, 2.05) is 24.9 Å². The number of aryl methyl sites for hydroxylation is 1. The Bertz CT molecular complexity index is 1270. The summed E-state index contributed by atoms with van der Waals surface area (Å²) in [6.45, 7) is 1.93. The first kappa shape index (κ1) is 23.5. The summed E-state index contributed by atoms with van der Waals surface area (Å²) < 4.78 is 34.0. The lowest BCUT2D eigenvalue weighted by Gasteiger charge is -2.49. The SMILES string of the molecule is COc1cc(Nc2cc(C)[nH]n2)nc(N(C)C2CC3CCCC(C2)N3S(=O)(=O)c2ccccn2)n1. The summed E-state index contributed by atoms with van der Waals surface area (Å²) in [4.78, 5) is 15.4. The van der Waals surface area contributed by atoms with Crippen LogP contribution in [0.5, 0.6) is 5.88 Å². The van der Waals surface area contributed by atoms with E-state index < -0.39 is 10.0 Å². The molecule has 11 nitrogen and oxygen atoms in total. The van der Waals surface area contributed by atoms with Crippen LogP contribution < -0.4 is 15.0 Å². The highest BCUT2D eigenvalue weighted by atomic mass is 32.2. The number of nitrogens with zero attached hydrogens (tertiary/aromatic N) is 6. The molecular formula is C23H30N8O3S. The van der Waals surface area contributed by atoms with Crippen molar-refractivity contribution in [2.75, 3.05) is 24.4 Å².